The Hall–Kier alpha value is -2.18. The van der Waals surface area contributed by atoms with Crippen molar-refractivity contribution >= 4 is 17.6 Å². The highest BCUT2D eigenvalue weighted by molar-refractivity contribution is 6.31. The van der Waals surface area contributed by atoms with Gasteiger partial charge in [-0.15, -0.1) is 0 Å². The smallest absolute Gasteiger partial charge is 0.306 e. The average molecular weight is 506 g/mol. The van der Waals surface area contributed by atoms with Gasteiger partial charge >= 0.3 is 5.97 Å². The van der Waals surface area contributed by atoms with E-state index in [4.69, 9.17) is 16.3 Å². The normalized spacial score (nSPS) is 20.1. The number of halogens is 3. The van der Waals surface area contributed by atoms with Crippen molar-refractivity contribution in [1.82, 2.24) is 4.90 Å². The van der Waals surface area contributed by atoms with Crippen molar-refractivity contribution in [2.24, 2.45) is 5.92 Å². The van der Waals surface area contributed by atoms with Crippen LogP contribution >= 0.6 is 11.6 Å². The zero-order chi connectivity index (χ0) is 25.2. The molecule has 2 unspecified atom stereocenters. The molecule has 0 radical (unpaired) electrons. The van der Waals surface area contributed by atoms with Gasteiger partial charge in [-0.2, -0.15) is 0 Å². The molecule has 2 aromatic carbocycles. The lowest BCUT2D eigenvalue weighted by atomic mass is 9.82. The summed E-state index contributed by atoms with van der Waals surface area (Å²) in [6.45, 7) is 5.10. The van der Waals surface area contributed by atoms with Gasteiger partial charge < -0.3 is 9.84 Å². The molecular weight excluding hydrogens is 472 g/mol. The molecule has 1 saturated heterocycles. The first-order valence-corrected chi connectivity index (χ1v) is 13.0. The Labute approximate surface area is 211 Å². The molecule has 0 amide bonds. The van der Waals surface area contributed by atoms with E-state index in [0.29, 0.717) is 12.0 Å². The number of rotatable bonds is 5. The molecule has 4 nitrogen and oxygen atoms in total. The van der Waals surface area contributed by atoms with Crippen molar-refractivity contribution in [2.45, 2.75) is 76.9 Å². The van der Waals surface area contributed by atoms with Gasteiger partial charge in [0.2, 0.25) is 0 Å². The number of carboxylic acid groups (broad SMARTS) is 1. The van der Waals surface area contributed by atoms with Gasteiger partial charge in [0.25, 0.3) is 0 Å². The van der Waals surface area contributed by atoms with Crippen LogP contribution in [0.15, 0.2) is 30.3 Å². The van der Waals surface area contributed by atoms with Crippen LogP contribution in [-0.4, -0.2) is 34.7 Å². The molecular formula is C28H34ClF2NO3. The van der Waals surface area contributed by atoms with Crippen LogP contribution in [0, 0.1) is 17.6 Å². The van der Waals surface area contributed by atoms with Crippen molar-refractivity contribution < 1.29 is 23.4 Å². The molecule has 1 aliphatic carbocycles. The third-order valence-electron chi connectivity index (χ3n) is 7.35. The van der Waals surface area contributed by atoms with E-state index < -0.39 is 23.5 Å². The molecule has 1 spiro atoms. The average Bonchev–Trinajstić information content (AvgIpc) is 3.71. The zero-order valence-corrected chi connectivity index (χ0v) is 21.2. The summed E-state index contributed by atoms with van der Waals surface area (Å²) in [6.07, 6.45) is 8.42. The summed E-state index contributed by atoms with van der Waals surface area (Å²) < 4.78 is 34.2. The summed E-state index contributed by atoms with van der Waals surface area (Å²) in [5, 5.41) is 9.17. The lowest BCUT2D eigenvalue weighted by Gasteiger charge is -2.46. The van der Waals surface area contributed by atoms with Crippen molar-refractivity contribution in [1.29, 1.82) is 0 Å². The van der Waals surface area contributed by atoms with Gasteiger partial charge in [-0.25, -0.2) is 8.78 Å². The van der Waals surface area contributed by atoms with Crippen LogP contribution in [-0.2, 0) is 17.6 Å². The van der Waals surface area contributed by atoms with Gasteiger partial charge in [0.1, 0.15) is 23.0 Å². The third-order valence-corrected chi connectivity index (χ3v) is 7.75. The number of piperidine rings is 1. The molecule has 2 aliphatic heterocycles. The van der Waals surface area contributed by atoms with Gasteiger partial charge in [-0.1, -0.05) is 49.9 Å². The van der Waals surface area contributed by atoms with Crippen LogP contribution < -0.4 is 4.74 Å². The van der Waals surface area contributed by atoms with Crippen molar-refractivity contribution in [3.8, 4) is 5.75 Å². The second-order valence-corrected chi connectivity index (χ2v) is 10.6. The van der Waals surface area contributed by atoms with Crippen LogP contribution in [0.2, 0.25) is 5.02 Å². The summed E-state index contributed by atoms with van der Waals surface area (Å²) in [5.74, 6) is -1.76. The first kappa shape index (κ1) is 25.9. The fourth-order valence-corrected chi connectivity index (χ4v) is 5.13. The highest BCUT2D eigenvalue weighted by atomic mass is 35.5. The molecule has 1 N–H and O–H groups in total. The number of fused-ring (bicyclic) bond motifs is 1. The molecule has 0 aromatic heterocycles. The van der Waals surface area contributed by atoms with Crippen LogP contribution in [0.4, 0.5) is 8.78 Å². The molecule has 7 heteroatoms. The van der Waals surface area contributed by atoms with Crippen LogP contribution in [0.1, 0.15) is 75.1 Å². The molecule has 35 heavy (non-hydrogen) atoms. The van der Waals surface area contributed by atoms with Crippen LogP contribution in [0.25, 0.3) is 0 Å². The summed E-state index contributed by atoms with van der Waals surface area (Å²) in [6, 6.07) is 7.94. The van der Waals surface area contributed by atoms with E-state index in [-0.39, 0.29) is 16.7 Å². The number of carbonyl (C=O) groups is 1. The third kappa shape index (κ3) is 6.34. The Kier molecular flexibility index (Phi) is 8.02. The Morgan fingerprint density at radius 1 is 1.11 bits per heavy atom. The number of ether oxygens (including phenoxy) is 1. The van der Waals surface area contributed by atoms with E-state index in [0.717, 1.165) is 61.7 Å². The SMILES string of the molecule is C1CC1.CC(Cc1ccc2c(c1)OC1(CC2)CCN(C(C)c2cc(F)cc(F)c2Cl)CC1)C(=O)O. The largest absolute Gasteiger partial charge is 0.487 e. The summed E-state index contributed by atoms with van der Waals surface area (Å²) in [5.41, 5.74) is 2.31. The number of hydrogen-bond donors (Lipinski definition) is 1. The van der Waals surface area contributed by atoms with E-state index in [2.05, 4.69) is 4.90 Å². The topological polar surface area (TPSA) is 49.8 Å². The molecule has 2 heterocycles. The molecule has 3 aliphatic rings. The molecule has 0 bridgehead atoms. The zero-order valence-electron chi connectivity index (χ0n) is 20.5. The van der Waals surface area contributed by atoms with Gasteiger partial charge in [-0.05, 0) is 67.9 Å². The van der Waals surface area contributed by atoms with Crippen LogP contribution in [0.3, 0.4) is 0 Å². The molecule has 2 aromatic rings. The summed E-state index contributed by atoms with van der Waals surface area (Å²) in [7, 11) is 0. The van der Waals surface area contributed by atoms with Crippen molar-refractivity contribution in [3.63, 3.8) is 0 Å². The minimum Gasteiger partial charge on any atom is -0.487 e. The van der Waals surface area contributed by atoms with E-state index in [9.17, 15) is 18.7 Å². The predicted octanol–water partition coefficient (Wildman–Crippen LogP) is 6.97. The maximum Gasteiger partial charge on any atom is 0.306 e. The monoisotopic (exact) mass is 505 g/mol. The first-order valence-electron chi connectivity index (χ1n) is 12.6. The summed E-state index contributed by atoms with van der Waals surface area (Å²) in [4.78, 5) is 13.4. The molecule has 2 atom stereocenters. The first-order chi connectivity index (χ1) is 16.7. The number of benzene rings is 2. The van der Waals surface area contributed by atoms with Crippen LogP contribution in [0.5, 0.6) is 5.75 Å². The molecule has 2 fully saturated rings. The number of hydrogen-bond acceptors (Lipinski definition) is 3. The number of aliphatic carboxylic acids is 1. The lowest BCUT2D eigenvalue weighted by Crippen LogP contribution is -2.50. The fourth-order valence-electron chi connectivity index (χ4n) is 4.86. The van der Waals surface area contributed by atoms with Crippen molar-refractivity contribution in [2.75, 3.05) is 13.1 Å². The van der Waals surface area contributed by atoms with Gasteiger partial charge in [-0.3, -0.25) is 9.69 Å². The number of nitrogens with zero attached hydrogens (tertiary/aromatic N) is 1. The van der Waals surface area contributed by atoms with Gasteiger partial charge in [0.15, 0.2) is 0 Å². The van der Waals surface area contributed by atoms with E-state index in [1.165, 1.54) is 25.3 Å². The molecule has 190 valence electrons. The lowest BCUT2D eigenvalue weighted by molar-refractivity contribution is -0.141. The Bertz CT molecular complexity index is 1060. The van der Waals surface area contributed by atoms with E-state index in [1.54, 1.807) is 6.92 Å². The van der Waals surface area contributed by atoms with E-state index >= 15 is 0 Å². The number of carboxylic acids is 1. The van der Waals surface area contributed by atoms with Gasteiger partial charge in [0, 0.05) is 25.2 Å². The Morgan fingerprint density at radius 3 is 2.43 bits per heavy atom. The maximum atomic E-state index is 13.9. The molecule has 5 rings (SSSR count). The standard InChI is InChI=1S/C25H28ClF2NO3.C3H6/c1-15(24(30)31)11-17-3-4-18-5-6-25(32-22(18)12-17)7-9-29(10-8-25)16(2)20-13-19(27)14-21(28)23(20)26;1-2-3-1/h3-4,12-16H,5-11H2,1-2H3,(H,30,31);1-3H2. The minimum absolute atomic E-state index is 0.0230. The Morgan fingerprint density at radius 2 is 1.80 bits per heavy atom. The highest BCUT2D eigenvalue weighted by Crippen LogP contribution is 2.42. The maximum absolute atomic E-state index is 13.9. The number of likely N-dealkylation sites (tertiary alicyclic amines) is 1. The van der Waals surface area contributed by atoms with Crippen molar-refractivity contribution in [3.05, 3.63) is 63.7 Å². The predicted molar refractivity (Wildman–Crippen MR) is 133 cm³/mol. The fraction of sp³-hybridized carbons (Fsp3) is 0.536. The van der Waals surface area contributed by atoms with E-state index in [1.807, 2.05) is 25.1 Å². The Balaban J connectivity index is 0.000000894. The highest BCUT2D eigenvalue weighted by Gasteiger charge is 2.40. The second-order valence-electron chi connectivity index (χ2n) is 10.2. The quantitative estimate of drug-likeness (QED) is 0.446. The van der Waals surface area contributed by atoms with Gasteiger partial charge in [0.05, 0.1) is 10.9 Å². The second kappa shape index (κ2) is 10.8. The molecule has 1 saturated carbocycles. The minimum atomic E-state index is -0.806. The summed E-state index contributed by atoms with van der Waals surface area (Å²) >= 11 is 6.12. The number of aryl methyl sites for hydroxylation is 1.